The predicted octanol–water partition coefficient (Wildman–Crippen LogP) is 4.67. The lowest BCUT2D eigenvalue weighted by molar-refractivity contribution is 0.0952. The molecule has 6 nitrogen and oxygen atoms in total. The third kappa shape index (κ3) is 4.04. The summed E-state index contributed by atoms with van der Waals surface area (Å²) in [7, 11) is 0. The van der Waals surface area contributed by atoms with Gasteiger partial charge in [-0.25, -0.2) is 9.67 Å². The Morgan fingerprint density at radius 3 is 2.43 bits per heavy atom. The fraction of sp³-hybridized carbons (Fsp3) is 0.458. The van der Waals surface area contributed by atoms with Crippen LogP contribution >= 0.6 is 0 Å². The number of amides is 1. The number of rotatable bonds is 6. The molecule has 0 unspecified atom stereocenters. The Morgan fingerprint density at radius 1 is 1.10 bits per heavy atom. The van der Waals surface area contributed by atoms with Gasteiger partial charge < -0.3 is 10.2 Å². The molecule has 6 heteroatoms. The summed E-state index contributed by atoms with van der Waals surface area (Å²) in [5, 5.41) is 8.36. The van der Waals surface area contributed by atoms with E-state index in [0.717, 1.165) is 35.4 Å². The highest BCUT2D eigenvalue weighted by atomic mass is 16.1. The van der Waals surface area contributed by atoms with Crippen LogP contribution in [0.4, 0.5) is 5.69 Å². The maximum absolute atomic E-state index is 13.1. The molecule has 2 aromatic heterocycles. The topological polar surface area (TPSA) is 63.1 Å². The fourth-order valence-electron chi connectivity index (χ4n) is 3.98. The van der Waals surface area contributed by atoms with Crippen molar-refractivity contribution >= 4 is 22.6 Å². The standard InChI is InChI=1S/C24H31N5O/c1-16(2)22-13-20(21-15-26-29(17(3)4)23(21)27-22)24(30)25-14-18-7-9-19(10-8-18)28-11-5-6-12-28/h7-10,13,15-17H,5-6,11-12,14H2,1-4H3,(H,25,30). The minimum atomic E-state index is -0.0868. The van der Waals surface area contributed by atoms with Gasteiger partial charge in [-0.2, -0.15) is 5.10 Å². The maximum Gasteiger partial charge on any atom is 0.252 e. The summed E-state index contributed by atoms with van der Waals surface area (Å²) in [6.45, 7) is 11.1. The van der Waals surface area contributed by atoms with Crippen molar-refractivity contribution in [3.63, 3.8) is 0 Å². The average Bonchev–Trinajstić information content (AvgIpc) is 3.41. The van der Waals surface area contributed by atoms with Crippen molar-refractivity contribution in [3.05, 3.63) is 53.3 Å². The van der Waals surface area contributed by atoms with Gasteiger partial charge in [0.15, 0.2) is 5.65 Å². The van der Waals surface area contributed by atoms with E-state index in [9.17, 15) is 4.79 Å². The van der Waals surface area contributed by atoms with Gasteiger partial charge in [0.25, 0.3) is 5.91 Å². The number of fused-ring (bicyclic) bond motifs is 1. The Morgan fingerprint density at radius 2 is 1.80 bits per heavy atom. The van der Waals surface area contributed by atoms with Gasteiger partial charge in [0.05, 0.1) is 17.1 Å². The lowest BCUT2D eigenvalue weighted by atomic mass is 10.0. The van der Waals surface area contributed by atoms with Crippen LogP contribution in [0.3, 0.4) is 0 Å². The number of carbonyl (C=O) groups excluding carboxylic acids is 1. The molecule has 0 radical (unpaired) electrons. The average molecular weight is 406 g/mol. The number of pyridine rings is 1. The second-order valence-corrected chi connectivity index (χ2v) is 8.71. The Bertz CT molecular complexity index is 1030. The van der Waals surface area contributed by atoms with Crippen LogP contribution in [0.1, 0.15) is 74.1 Å². The Labute approximate surface area is 178 Å². The van der Waals surface area contributed by atoms with Crippen LogP contribution in [0.25, 0.3) is 11.0 Å². The van der Waals surface area contributed by atoms with Gasteiger partial charge in [-0.1, -0.05) is 26.0 Å². The van der Waals surface area contributed by atoms with E-state index in [-0.39, 0.29) is 17.9 Å². The van der Waals surface area contributed by atoms with Crippen molar-refractivity contribution in [2.24, 2.45) is 0 Å². The molecule has 0 spiro atoms. The van der Waals surface area contributed by atoms with E-state index < -0.39 is 0 Å². The summed E-state index contributed by atoms with van der Waals surface area (Å²) >= 11 is 0. The number of benzene rings is 1. The van der Waals surface area contributed by atoms with Gasteiger partial charge in [0.2, 0.25) is 0 Å². The summed E-state index contributed by atoms with van der Waals surface area (Å²) in [6, 6.07) is 10.6. The number of hydrogen-bond acceptors (Lipinski definition) is 4. The highest BCUT2D eigenvalue weighted by molar-refractivity contribution is 6.05. The minimum Gasteiger partial charge on any atom is -0.372 e. The third-order valence-corrected chi connectivity index (χ3v) is 5.77. The molecule has 0 bridgehead atoms. The highest BCUT2D eigenvalue weighted by Crippen LogP contribution is 2.25. The van der Waals surface area contributed by atoms with E-state index in [1.165, 1.54) is 18.5 Å². The second-order valence-electron chi connectivity index (χ2n) is 8.71. The molecule has 3 heterocycles. The number of aromatic nitrogens is 3. The molecule has 1 fully saturated rings. The molecule has 1 amide bonds. The molecule has 0 saturated carbocycles. The molecule has 1 saturated heterocycles. The molecule has 4 rings (SSSR count). The van der Waals surface area contributed by atoms with Gasteiger partial charge in [0, 0.05) is 37.1 Å². The summed E-state index contributed by atoms with van der Waals surface area (Å²) in [6.07, 6.45) is 4.29. The van der Waals surface area contributed by atoms with Gasteiger partial charge in [0.1, 0.15) is 0 Å². The largest absolute Gasteiger partial charge is 0.372 e. The number of nitrogens with one attached hydrogen (secondary N) is 1. The monoisotopic (exact) mass is 405 g/mol. The van der Waals surface area contributed by atoms with E-state index in [1.54, 1.807) is 6.20 Å². The minimum absolute atomic E-state index is 0.0868. The first kappa shape index (κ1) is 20.4. The van der Waals surface area contributed by atoms with Crippen LogP contribution in [0.5, 0.6) is 0 Å². The zero-order chi connectivity index (χ0) is 21.3. The number of nitrogens with zero attached hydrogens (tertiary/aromatic N) is 4. The van der Waals surface area contributed by atoms with Crippen LogP contribution in [-0.2, 0) is 6.54 Å². The van der Waals surface area contributed by atoms with Crippen molar-refractivity contribution in [1.29, 1.82) is 0 Å². The van der Waals surface area contributed by atoms with Gasteiger partial charge >= 0.3 is 0 Å². The maximum atomic E-state index is 13.1. The number of anilines is 1. The summed E-state index contributed by atoms with van der Waals surface area (Å²) in [4.78, 5) is 20.3. The molecule has 30 heavy (non-hydrogen) atoms. The Kier molecular flexibility index (Phi) is 5.75. The van der Waals surface area contributed by atoms with Crippen LogP contribution in [0, 0.1) is 0 Å². The van der Waals surface area contributed by atoms with Crippen molar-refractivity contribution < 1.29 is 4.79 Å². The molecule has 3 aromatic rings. The first-order valence-electron chi connectivity index (χ1n) is 10.9. The van der Waals surface area contributed by atoms with E-state index >= 15 is 0 Å². The molecule has 0 aliphatic carbocycles. The number of carbonyl (C=O) groups is 1. The van der Waals surface area contributed by atoms with Gasteiger partial charge in [-0.15, -0.1) is 0 Å². The lowest BCUT2D eigenvalue weighted by Crippen LogP contribution is -2.23. The predicted molar refractivity (Wildman–Crippen MR) is 121 cm³/mol. The molecule has 1 aliphatic heterocycles. The quantitative estimate of drug-likeness (QED) is 0.647. The zero-order valence-electron chi connectivity index (χ0n) is 18.4. The van der Waals surface area contributed by atoms with E-state index in [0.29, 0.717) is 12.1 Å². The third-order valence-electron chi connectivity index (χ3n) is 5.77. The Balaban J connectivity index is 1.54. The highest BCUT2D eigenvalue weighted by Gasteiger charge is 2.19. The van der Waals surface area contributed by atoms with E-state index in [1.807, 2.05) is 10.7 Å². The summed E-state index contributed by atoms with van der Waals surface area (Å²) in [5.74, 6) is 0.144. The fourth-order valence-corrected chi connectivity index (χ4v) is 3.98. The smallest absolute Gasteiger partial charge is 0.252 e. The van der Waals surface area contributed by atoms with Gasteiger partial charge in [-0.05, 0) is 56.4 Å². The van der Waals surface area contributed by atoms with Crippen molar-refractivity contribution in [2.45, 2.75) is 59.0 Å². The molecule has 0 atom stereocenters. The van der Waals surface area contributed by atoms with Crippen LogP contribution in [0.2, 0.25) is 0 Å². The molecule has 1 N–H and O–H groups in total. The molecular formula is C24H31N5O. The summed E-state index contributed by atoms with van der Waals surface area (Å²) in [5.41, 5.74) is 4.69. The van der Waals surface area contributed by atoms with Crippen LogP contribution in [-0.4, -0.2) is 33.8 Å². The van der Waals surface area contributed by atoms with Crippen molar-refractivity contribution in [3.8, 4) is 0 Å². The lowest BCUT2D eigenvalue weighted by Gasteiger charge is -2.17. The zero-order valence-corrected chi connectivity index (χ0v) is 18.4. The van der Waals surface area contributed by atoms with Crippen LogP contribution < -0.4 is 10.2 Å². The number of hydrogen-bond donors (Lipinski definition) is 1. The summed E-state index contributed by atoms with van der Waals surface area (Å²) < 4.78 is 1.88. The molecular weight excluding hydrogens is 374 g/mol. The Hall–Kier alpha value is -2.89. The first-order chi connectivity index (χ1) is 14.4. The van der Waals surface area contributed by atoms with E-state index in [2.05, 4.69) is 67.3 Å². The van der Waals surface area contributed by atoms with Crippen LogP contribution in [0.15, 0.2) is 36.5 Å². The molecule has 158 valence electrons. The van der Waals surface area contributed by atoms with Gasteiger partial charge in [-0.3, -0.25) is 4.79 Å². The molecule has 1 aliphatic rings. The SMILES string of the molecule is CC(C)c1cc(C(=O)NCc2ccc(N3CCCC3)cc2)c2cnn(C(C)C)c2n1. The molecule has 1 aromatic carbocycles. The van der Waals surface area contributed by atoms with Crippen molar-refractivity contribution in [2.75, 3.05) is 18.0 Å². The second kappa shape index (κ2) is 8.46. The normalized spacial score (nSPS) is 14.3. The first-order valence-corrected chi connectivity index (χ1v) is 10.9. The van der Waals surface area contributed by atoms with E-state index in [4.69, 9.17) is 4.98 Å². The van der Waals surface area contributed by atoms with Crippen molar-refractivity contribution in [1.82, 2.24) is 20.1 Å².